The molecule has 0 amide bonds. The van der Waals surface area contributed by atoms with Crippen molar-refractivity contribution in [3.05, 3.63) is 23.8 Å². The van der Waals surface area contributed by atoms with Gasteiger partial charge in [0.25, 0.3) is 0 Å². The molecule has 1 unspecified atom stereocenters. The molecule has 0 saturated carbocycles. The average molecular weight is 140 g/mol. The van der Waals surface area contributed by atoms with E-state index in [1.54, 1.807) is 12.2 Å². The molecule has 1 atom stereocenters. The Hall–Kier alpha value is -0.470. The molecule has 9 heavy (non-hydrogen) atoms. The van der Waals surface area contributed by atoms with Crippen LogP contribution < -0.4 is 0 Å². The summed E-state index contributed by atoms with van der Waals surface area (Å²) in [4.78, 5) is 0.598. The third-order valence-corrected chi connectivity index (χ3v) is 1.60. The fourth-order valence-electron chi connectivity index (χ4n) is 0.699. The summed E-state index contributed by atoms with van der Waals surface area (Å²) in [5.74, 6) is 0. The van der Waals surface area contributed by atoms with Gasteiger partial charge in [-0.05, 0) is 19.1 Å². The molecule has 0 bridgehead atoms. The van der Waals surface area contributed by atoms with Crippen LogP contribution in [0.3, 0.4) is 0 Å². The second kappa shape index (κ2) is 2.42. The molecule has 0 fully saturated rings. The Morgan fingerprint density at radius 1 is 1.56 bits per heavy atom. The predicted molar refractivity (Wildman–Crippen MR) is 41.5 cm³/mol. The maximum absolute atomic E-state index is 9.08. The van der Waals surface area contributed by atoms with E-state index in [-0.39, 0.29) is 0 Å². The molecule has 0 aromatic heterocycles. The number of thiocarbonyl (C=S) groups is 1. The Morgan fingerprint density at radius 3 is 2.67 bits per heavy atom. The largest absolute Gasteiger partial charge is 0.383 e. The van der Waals surface area contributed by atoms with Crippen molar-refractivity contribution >= 4 is 17.1 Å². The molecule has 1 aliphatic carbocycles. The zero-order valence-corrected chi connectivity index (χ0v) is 5.98. The third-order valence-electron chi connectivity index (χ3n) is 1.22. The number of allylic oxidation sites excluding steroid dienone is 2. The number of rotatable bonds is 0. The lowest BCUT2D eigenvalue weighted by atomic mass is 10.1. The van der Waals surface area contributed by atoms with Gasteiger partial charge in [-0.2, -0.15) is 0 Å². The van der Waals surface area contributed by atoms with Gasteiger partial charge in [-0.1, -0.05) is 23.9 Å². The van der Waals surface area contributed by atoms with Gasteiger partial charge >= 0.3 is 0 Å². The van der Waals surface area contributed by atoms with E-state index in [0.29, 0.717) is 4.86 Å². The first-order valence-corrected chi connectivity index (χ1v) is 3.19. The molecule has 48 valence electrons. The quantitative estimate of drug-likeness (QED) is 0.511. The Bertz CT molecular complexity index is 191. The molecule has 1 aliphatic rings. The van der Waals surface area contributed by atoms with Crippen LogP contribution in [0, 0.1) is 0 Å². The fourth-order valence-corrected chi connectivity index (χ4v) is 0.835. The van der Waals surface area contributed by atoms with Gasteiger partial charge in [-0.25, -0.2) is 0 Å². The monoisotopic (exact) mass is 140 g/mol. The molecule has 0 spiro atoms. The minimum absolute atomic E-state index is 0.537. The highest BCUT2D eigenvalue weighted by Crippen LogP contribution is 2.07. The third kappa shape index (κ3) is 1.47. The van der Waals surface area contributed by atoms with Crippen molar-refractivity contribution < 1.29 is 5.11 Å². The summed E-state index contributed by atoms with van der Waals surface area (Å²) >= 11 is 4.80. The van der Waals surface area contributed by atoms with Crippen LogP contribution in [0.15, 0.2) is 23.8 Å². The standard InChI is InChI=1S/C7H8OS/c1-5-2-3-7(9)6(8)4-5/h2-4,6,8H,1H3. The summed E-state index contributed by atoms with van der Waals surface area (Å²) < 4.78 is 0. The molecule has 2 heteroatoms. The lowest BCUT2D eigenvalue weighted by molar-refractivity contribution is 0.291. The lowest BCUT2D eigenvalue weighted by Crippen LogP contribution is -2.15. The number of hydrogen-bond donors (Lipinski definition) is 1. The van der Waals surface area contributed by atoms with Crippen LogP contribution in [0.25, 0.3) is 0 Å². The van der Waals surface area contributed by atoms with Gasteiger partial charge in [0.2, 0.25) is 0 Å². The molecule has 0 aromatic carbocycles. The van der Waals surface area contributed by atoms with Crippen molar-refractivity contribution in [2.24, 2.45) is 0 Å². The van der Waals surface area contributed by atoms with E-state index in [9.17, 15) is 0 Å². The highest BCUT2D eigenvalue weighted by Gasteiger charge is 2.07. The Kier molecular flexibility index (Phi) is 1.78. The maximum Gasteiger partial charge on any atom is 0.108 e. The SMILES string of the molecule is CC1=CC(O)C(=S)C=C1. The van der Waals surface area contributed by atoms with Gasteiger partial charge in [0.05, 0.1) is 0 Å². The normalized spacial score (nSPS) is 26.2. The molecule has 1 rings (SSSR count). The van der Waals surface area contributed by atoms with Gasteiger partial charge < -0.3 is 5.11 Å². The number of aliphatic hydroxyl groups excluding tert-OH is 1. The van der Waals surface area contributed by atoms with Crippen LogP contribution in [0.5, 0.6) is 0 Å². The summed E-state index contributed by atoms with van der Waals surface area (Å²) in [6.07, 6.45) is 4.86. The van der Waals surface area contributed by atoms with Gasteiger partial charge in [0.15, 0.2) is 0 Å². The van der Waals surface area contributed by atoms with Crippen LogP contribution in [0.4, 0.5) is 0 Å². The second-order valence-corrected chi connectivity index (χ2v) is 2.56. The number of hydrogen-bond acceptors (Lipinski definition) is 2. The van der Waals surface area contributed by atoms with E-state index in [0.717, 1.165) is 5.57 Å². The molecule has 1 N–H and O–H groups in total. The minimum Gasteiger partial charge on any atom is -0.383 e. The van der Waals surface area contributed by atoms with E-state index < -0.39 is 6.10 Å². The molecule has 1 nitrogen and oxygen atoms in total. The van der Waals surface area contributed by atoms with E-state index in [1.807, 2.05) is 13.0 Å². The van der Waals surface area contributed by atoms with E-state index in [1.165, 1.54) is 0 Å². The molecule has 0 heterocycles. The average Bonchev–Trinajstić information content (AvgIpc) is 1.80. The van der Waals surface area contributed by atoms with Gasteiger partial charge in [0.1, 0.15) is 6.10 Å². The molecular weight excluding hydrogens is 132 g/mol. The first-order valence-electron chi connectivity index (χ1n) is 2.78. The zero-order chi connectivity index (χ0) is 6.85. The molecular formula is C7H8OS. The van der Waals surface area contributed by atoms with Crippen LogP contribution in [-0.4, -0.2) is 16.1 Å². The summed E-state index contributed by atoms with van der Waals surface area (Å²) in [6, 6.07) is 0. The first-order chi connectivity index (χ1) is 4.20. The lowest BCUT2D eigenvalue weighted by Gasteiger charge is -2.08. The highest BCUT2D eigenvalue weighted by atomic mass is 32.1. The summed E-state index contributed by atoms with van der Waals surface area (Å²) in [6.45, 7) is 1.93. The van der Waals surface area contributed by atoms with Crippen LogP contribution >= 0.6 is 12.2 Å². The second-order valence-electron chi connectivity index (χ2n) is 2.09. The molecule has 0 aliphatic heterocycles. The Labute approximate surface area is 59.7 Å². The molecule has 0 radical (unpaired) electrons. The first kappa shape index (κ1) is 6.65. The molecule has 0 saturated heterocycles. The van der Waals surface area contributed by atoms with Crippen molar-refractivity contribution in [3.8, 4) is 0 Å². The van der Waals surface area contributed by atoms with Crippen LogP contribution in [0.2, 0.25) is 0 Å². The summed E-state index contributed by atoms with van der Waals surface area (Å²) in [5, 5.41) is 9.08. The van der Waals surface area contributed by atoms with E-state index in [2.05, 4.69) is 0 Å². The van der Waals surface area contributed by atoms with Crippen molar-refractivity contribution in [1.29, 1.82) is 0 Å². The minimum atomic E-state index is -0.537. The van der Waals surface area contributed by atoms with Gasteiger partial charge in [0, 0.05) is 4.86 Å². The zero-order valence-electron chi connectivity index (χ0n) is 5.16. The Morgan fingerprint density at radius 2 is 2.22 bits per heavy atom. The van der Waals surface area contributed by atoms with Crippen LogP contribution in [-0.2, 0) is 0 Å². The van der Waals surface area contributed by atoms with Crippen molar-refractivity contribution in [2.75, 3.05) is 0 Å². The summed E-state index contributed by atoms with van der Waals surface area (Å²) in [5.41, 5.74) is 1.07. The van der Waals surface area contributed by atoms with E-state index >= 15 is 0 Å². The van der Waals surface area contributed by atoms with Crippen molar-refractivity contribution in [3.63, 3.8) is 0 Å². The highest BCUT2D eigenvalue weighted by molar-refractivity contribution is 7.80. The summed E-state index contributed by atoms with van der Waals surface area (Å²) in [7, 11) is 0. The smallest absolute Gasteiger partial charge is 0.108 e. The number of aliphatic hydroxyl groups is 1. The topological polar surface area (TPSA) is 20.2 Å². The Balaban J connectivity index is 2.82. The van der Waals surface area contributed by atoms with Crippen molar-refractivity contribution in [1.82, 2.24) is 0 Å². The van der Waals surface area contributed by atoms with Crippen LogP contribution in [0.1, 0.15) is 6.92 Å². The van der Waals surface area contributed by atoms with E-state index in [4.69, 9.17) is 17.3 Å². The predicted octanol–water partition coefficient (Wildman–Crippen LogP) is 1.23. The molecule has 0 aromatic rings. The maximum atomic E-state index is 9.08. The van der Waals surface area contributed by atoms with Gasteiger partial charge in [-0.15, -0.1) is 0 Å². The van der Waals surface area contributed by atoms with Crippen molar-refractivity contribution in [2.45, 2.75) is 13.0 Å². The fraction of sp³-hybridized carbons (Fsp3) is 0.286. The van der Waals surface area contributed by atoms with Gasteiger partial charge in [-0.3, -0.25) is 0 Å².